The number of nitrogens with one attached hydrogen (secondary N) is 3. The maximum absolute atomic E-state index is 13.1. The van der Waals surface area contributed by atoms with E-state index in [1.54, 1.807) is 35.2 Å². The van der Waals surface area contributed by atoms with Crippen molar-refractivity contribution < 1.29 is 34.1 Å². The molecule has 1 fully saturated rings. The number of aromatic hydroxyl groups is 2. The molecule has 2 heterocycles. The van der Waals surface area contributed by atoms with Crippen LogP contribution in [0.4, 0.5) is 5.69 Å². The third-order valence-corrected chi connectivity index (χ3v) is 10.1. The largest absolute Gasteiger partial charge is 0.508 e. The van der Waals surface area contributed by atoms with Crippen LogP contribution in [0.5, 0.6) is 17.2 Å². The summed E-state index contributed by atoms with van der Waals surface area (Å²) in [5, 5.41) is 28.5. The Bertz CT molecular complexity index is 2020. The van der Waals surface area contributed by atoms with Gasteiger partial charge < -0.3 is 30.5 Å². The number of benzene rings is 4. The quantitative estimate of drug-likeness (QED) is 0.0450. The molecule has 11 heteroatoms. The molecule has 4 aromatic carbocycles. The molecule has 4 aromatic rings. The number of piperidine rings is 1. The van der Waals surface area contributed by atoms with Crippen LogP contribution in [0.25, 0.3) is 11.1 Å². The third-order valence-electron chi connectivity index (χ3n) is 10.1. The number of hydrogen-bond donors (Lipinski definition) is 5. The molecule has 2 aliphatic rings. The number of carbonyl (C=O) groups is 4. The Morgan fingerprint density at radius 3 is 2.15 bits per heavy atom. The Labute approximate surface area is 321 Å². The summed E-state index contributed by atoms with van der Waals surface area (Å²) >= 11 is 0. The highest BCUT2D eigenvalue weighted by molar-refractivity contribution is 6.06. The maximum atomic E-state index is 13.1. The van der Waals surface area contributed by atoms with Crippen molar-refractivity contribution in [1.82, 2.24) is 15.5 Å². The van der Waals surface area contributed by atoms with E-state index >= 15 is 0 Å². The summed E-state index contributed by atoms with van der Waals surface area (Å²) in [5.74, 6) is 0.188. The van der Waals surface area contributed by atoms with Crippen LogP contribution in [-0.4, -0.2) is 64.5 Å². The lowest BCUT2D eigenvalue weighted by Gasteiger charge is -2.29. The van der Waals surface area contributed by atoms with E-state index in [4.69, 9.17) is 4.74 Å². The van der Waals surface area contributed by atoms with Crippen LogP contribution in [-0.2, 0) is 20.9 Å². The molecule has 286 valence electrons. The summed E-state index contributed by atoms with van der Waals surface area (Å²) in [6, 6.07) is 27.1. The van der Waals surface area contributed by atoms with Gasteiger partial charge >= 0.3 is 0 Å². The monoisotopic (exact) mass is 744 g/mol. The van der Waals surface area contributed by atoms with Gasteiger partial charge in [-0.3, -0.25) is 24.5 Å². The number of rotatable bonds is 17. The lowest BCUT2D eigenvalue weighted by molar-refractivity contribution is -0.137. The minimum absolute atomic E-state index is 0.00726. The van der Waals surface area contributed by atoms with Crippen molar-refractivity contribution in [3.63, 3.8) is 0 Å². The van der Waals surface area contributed by atoms with Gasteiger partial charge in [-0.1, -0.05) is 62.2 Å². The number of carbonyl (C=O) groups excluding carboxylic acids is 4. The number of phenols is 2. The van der Waals surface area contributed by atoms with E-state index in [-0.39, 0.29) is 35.6 Å². The zero-order valence-corrected chi connectivity index (χ0v) is 31.1. The number of fused-ring (bicyclic) bond motifs is 1. The standard InChI is InChI=1S/C44H48N4O7/c1-2-35(29-11-17-32(49)18-12-29)42(30-13-19-33(50)20-14-30)31-15-21-34(22-16-31)55-27-26-46-40(51)10-5-3-4-6-25-45-38-9-7-8-36-37(38)28-48(44(36)54)39-23-24-41(52)47-43(39)53/h7-9,11-22,39,45,49-50H,2-6,10,23-28H2,1H3,(H,46,51)(H,47,52,53). The average molecular weight is 745 g/mol. The fraction of sp³-hybridized carbons (Fsp3) is 0.318. The molecule has 0 saturated carbocycles. The first kappa shape index (κ1) is 38.6. The molecular formula is C44H48N4O7. The van der Waals surface area contributed by atoms with E-state index in [9.17, 15) is 29.4 Å². The minimum Gasteiger partial charge on any atom is -0.508 e. The summed E-state index contributed by atoms with van der Waals surface area (Å²) in [6.07, 6.45) is 5.32. The molecule has 1 atom stereocenters. The van der Waals surface area contributed by atoms with Crippen LogP contribution in [0.3, 0.4) is 0 Å². The average Bonchev–Trinajstić information content (AvgIpc) is 3.52. The molecule has 11 nitrogen and oxygen atoms in total. The van der Waals surface area contributed by atoms with E-state index < -0.39 is 11.9 Å². The molecule has 1 saturated heterocycles. The maximum Gasteiger partial charge on any atom is 0.255 e. The Morgan fingerprint density at radius 1 is 0.818 bits per heavy atom. The molecule has 6 rings (SSSR count). The number of anilines is 1. The van der Waals surface area contributed by atoms with Crippen molar-refractivity contribution >= 4 is 40.5 Å². The first-order valence-corrected chi connectivity index (χ1v) is 19.0. The van der Waals surface area contributed by atoms with Crippen molar-refractivity contribution in [3.05, 3.63) is 119 Å². The van der Waals surface area contributed by atoms with E-state index in [2.05, 4.69) is 22.9 Å². The predicted octanol–water partition coefficient (Wildman–Crippen LogP) is 6.79. The highest BCUT2D eigenvalue weighted by Gasteiger charge is 2.39. The topological polar surface area (TPSA) is 157 Å². The molecule has 1 unspecified atom stereocenters. The zero-order valence-electron chi connectivity index (χ0n) is 31.1. The number of imide groups is 1. The Hall–Kier alpha value is -6.10. The summed E-state index contributed by atoms with van der Waals surface area (Å²) < 4.78 is 5.93. The molecule has 0 aliphatic carbocycles. The third kappa shape index (κ3) is 9.72. The summed E-state index contributed by atoms with van der Waals surface area (Å²) in [5.41, 5.74) is 7.44. The predicted molar refractivity (Wildman–Crippen MR) is 211 cm³/mol. The molecule has 2 aliphatic heterocycles. The van der Waals surface area contributed by atoms with Gasteiger partial charge in [0.2, 0.25) is 17.7 Å². The molecule has 0 radical (unpaired) electrons. The lowest BCUT2D eigenvalue weighted by atomic mass is 9.88. The van der Waals surface area contributed by atoms with Crippen molar-refractivity contribution in [2.75, 3.05) is 25.0 Å². The molecule has 0 spiro atoms. The van der Waals surface area contributed by atoms with Gasteiger partial charge in [-0.05, 0) is 102 Å². The number of unbranched alkanes of at least 4 members (excludes halogenated alkanes) is 3. The zero-order chi connectivity index (χ0) is 38.7. The van der Waals surface area contributed by atoms with Gasteiger partial charge in [0.05, 0.1) is 6.54 Å². The van der Waals surface area contributed by atoms with E-state index in [0.717, 1.165) is 77.7 Å². The number of phenolic OH excluding ortho intramolecular Hbond substituents is 2. The SMILES string of the molecule is CCC(=C(c1ccc(O)cc1)c1ccc(OCCNC(=O)CCCCCCNc2cccc3c2CN(C2CCC(=O)NC2=O)C3=O)cc1)c1ccc(O)cc1. The van der Waals surface area contributed by atoms with E-state index in [1.807, 2.05) is 60.7 Å². The summed E-state index contributed by atoms with van der Waals surface area (Å²) in [4.78, 5) is 51.0. The van der Waals surface area contributed by atoms with Crippen LogP contribution in [0, 0.1) is 0 Å². The van der Waals surface area contributed by atoms with Gasteiger partial charge in [-0.25, -0.2) is 0 Å². The van der Waals surface area contributed by atoms with Crippen LogP contribution in [0.2, 0.25) is 0 Å². The first-order valence-electron chi connectivity index (χ1n) is 19.0. The highest BCUT2D eigenvalue weighted by atomic mass is 16.5. The Balaban J connectivity index is 0.898. The van der Waals surface area contributed by atoms with Crippen molar-refractivity contribution in [2.45, 2.75) is 70.9 Å². The fourth-order valence-electron chi connectivity index (χ4n) is 7.24. The number of nitrogens with zero attached hydrogens (tertiary/aromatic N) is 1. The van der Waals surface area contributed by atoms with Crippen molar-refractivity contribution in [2.24, 2.45) is 0 Å². The minimum atomic E-state index is -0.637. The summed E-state index contributed by atoms with van der Waals surface area (Å²) in [6.45, 7) is 3.89. The van der Waals surface area contributed by atoms with Crippen LogP contribution in [0.1, 0.15) is 90.9 Å². The number of amides is 4. The number of ether oxygens (including phenoxy) is 1. The molecular weight excluding hydrogens is 697 g/mol. The fourth-order valence-corrected chi connectivity index (χ4v) is 7.24. The highest BCUT2D eigenvalue weighted by Crippen LogP contribution is 2.36. The van der Waals surface area contributed by atoms with Crippen molar-refractivity contribution in [1.29, 1.82) is 0 Å². The van der Waals surface area contributed by atoms with Crippen LogP contribution < -0.4 is 20.7 Å². The smallest absolute Gasteiger partial charge is 0.255 e. The van der Waals surface area contributed by atoms with Crippen LogP contribution >= 0.6 is 0 Å². The number of allylic oxidation sites excluding steroid dienone is 1. The number of hydrogen-bond acceptors (Lipinski definition) is 8. The molecule has 0 bridgehead atoms. The van der Waals surface area contributed by atoms with E-state index in [0.29, 0.717) is 43.9 Å². The molecule has 4 amide bonds. The Morgan fingerprint density at radius 2 is 1.47 bits per heavy atom. The first-order chi connectivity index (χ1) is 26.7. The second kappa shape index (κ2) is 18.3. The second-order valence-corrected chi connectivity index (χ2v) is 13.8. The molecule has 5 N–H and O–H groups in total. The van der Waals surface area contributed by atoms with Gasteiger partial charge in [0, 0.05) is 42.7 Å². The lowest BCUT2D eigenvalue weighted by Crippen LogP contribution is -2.52. The Kier molecular flexibility index (Phi) is 12.8. The van der Waals surface area contributed by atoms with Gasteiger partial charge in [-0.2, -0.15) is 0 Å². The van der Waals surface area contributed by atoms with Gasteiger partial charge in [0.1, 0.15) is 29.9 Å². The molecule has 0 aromatic heterocycles. The normalized spacial score (nSPS) is 15.6. The van der Waals surface area contributed by atoms with E-state index in [1.165, 1.54) is 0 Å². The van der Waals surface area contributed by atoms with Gasteiger partial charge in [-0.15, -0.1) is 0 Å². The molecule has 55 heavy (non-hydrogen) atoms. The van der Waals surface area contributed by atoms with Gasteiger partial charge in [0.15, 0.2) is 0 Å². The second-order valence-electron chi connectivity index (χ2n) is 13.8. The summed E-state index contributed by atoms with van der Waals surface area (Å²) in [7, 11) is 0. The van der Waals surface area contributed by atoms with Crippen molar-refractivity contribution in [3.8, 4) is 17.2 Å². The van der Waals surface area contributed by atoms with Gasteiger partial charge in [0.25, 0.3) is 5.91 Å². The van der Waals surface area contributed by atoms with Crippen LogP contribution in [0.15, 0.2) is 91.0 Å².